The zero-order valence-electron chi connectivity index (χ0n) is 15.4. The van der Waals surface area contributed by atoms with E-state index < -0.39 is 11.2 Å². The number of nitriles is 1. The molecule has 8 heteroatoms. The van der Waals surface area contributed by atoms with E-state index in [0.29, 0.717) is 17.1 Å². The first-order chi connectivity index (χ1) is 13.9. The minimum Gasteiger partial charge on any atom is -0.462 e. The fourth-order valence-electron chi connectivity index (χ4n) is 2.88. The minimum atomic E-state index is -0.740. The lowest BCUT2D eigenvalue weighted by atomic mass is 10.1. The van der Waals surface area contributed by atoms with Crippen LogP contribution >= 0.6 is 39.3 Å². The molecule has 1 heterocycles. The molecule has 0 spiro atoms. The van der Waals surface area contributed by atoms with E-state index in [1.54, 1.807) is 43.3 Å². The summed E-state index contributed by atoms with van der Waals surface area (Å²) < 4.78 is 5.87. The molecule has 0 aromatic heterocycles. The smallest absolute Gasteiger partial charge is 0.351 e. The summed E-state index contributed by atoms with van der Waals surface area (Å²) >= 11 is 10.6. The van der Waals surface area contributed by atoms with E-state index in [0.717, 1.165) is 10.0 Å². The van der Waals surface area contributed by atoms with E-state index in [2.05, 4.69) is 15.9 Å². The SMILES string of the molecule is CCOC(=O)C(C#N)=C1SC(Cc2cccc(Cl)c2)C(=O)N1c1ccc(Br)cc1. The highest BCUT2D eigenvalue weighted by Crippen LogP contribution is 2.42. The molecule has 0 aliphatic carbocycles. The lowest BCUT2D eigenvalue weighted by Gasteiger charge is -2.18. The maximum atomic E-state index is 13.3. The van der Waals surface area contributed by atoms with Gasteiger partial charge in [0.15, 0.2) is 5.57 Å². The highest BCUT2D eigenvalue weighted by molar-refractivity contribution is 9.10. The number of hydrogen-bond donors (Lipinski definition) is 0. The lowest BCUT2D eigenvalue weighted by Crippen LogP contribution is -2.30. The highest BCUT2D eigenvalue weighted by atomic mass is 79.9. The first-order valence-electron chi connectivity index (χ1n) is 8.76. The van der Waals surface area contributed by atoms with Gasteiger partial charge in [0, 0.05) is 15.2 Å². The molecule has 29 heavy (non-hydrogen) atoms. The normalized spacial score (nSPS) is 17.8. The van der Waals surface area contributed by atoms with Gasteiger partial charge in [-0.15, -0.1) is 0 Å². The van der Waals surface area contributed by atoms with E-state index in [1.807, 2.05) is 18.2 Å². The van der Waals surface area contributed by atoms with Gasteiger partial charge in [-0.05, 0) is 55.3 Å². The molecule has 2 aromatic carbocycles. The molecule has 5 nitrogen and oxygen atoms in total. The topological polar surface area (TPSA) is 70.4 Å². The van der Waals surface area contributed by atoms with Crippen LogP contribution in [0.1, 0.15) is 12.5 Å². The number of nitrogens with zero attached hydrogens (tertiary/aromatic N) is 2. The summed E-state index contributed by atoms with van der Waals surface area (Å²) in [5.41, 5.74) is 1.29. The molecule has 1 aliphatic rings. The van der Waals surface area contributed by atoms with Crippen LogP contribution in [-0.2, 0) is 20.7 Å². The van der Waals surface area contributed by atoms with Crippen molar-refractivity contribution in [1.29, 1.82) is 5.26 Å². The maximum Gasteiger partial charge on any atom is 0.351 e. The average Bonchev–Trinajstić information content (AvgIpc) is 2.99. The second-order valence-corrected chi connectivity index (χ2v) is 8.65. The van der Waals surface area contributed by atoms with Crippen LogP contribution in [0.15, 0.2) is 63.6 Å². The molecule has 0 bridgehead atoms. The van der Waals surface area contributed by atoms with Crippen LogP contribution in [0.25, 0.3) is 0 Å². The van der Waals surface area contributed by atoms with Crippen LogP contribution in [0, 0.1) is 11.3 Å². The van der Waals surface area contributed by atoms with Gasteiger partial charge in [0.05, 0.1) is 11.9 Å². The first kappa shape index (κ1) is 21.4. The molecular weight excluding hydrogens is 476 g/mol. The Morgan fingerprint density at radius 1 is 1.31 bits per heavy atom. The molecule has 1 saturated heterocycles. The Kier molecular flexibility index (Phi) is 7.01. The van der Waals surface area contributed by atoms with Crippen LogP contribution in [0.5, 0.6) is 0 Å². The van der Waals surface area contributed by atoms with E-state index in [9.17, 15) is 14.9 Å². The molecule has 1 aliphatic heterocycles. The van der Waals surface area contributed by atoms with Gasteiger partial charge in [0.2, 0.25) is 5.91 Å². The maximum absolute atomic E-state index is 13.3. The number of thioether (sulfide) groups is 1. The summed E-state index contributed by atoms with van der Waals surface area (Å²) in [5, 5.41) is 9.98. The average molecular weight is 492 g/mol. The number of esters is 1. The van der Waals surface area contributed by atoms with Crippen molar-refractivity contribution < 1.29 is 14.3 Å². The molecule has 0 N–H and O–H groups in total. The summed E-state index contributed by atoms with van der Waals surface area (Å²) in [7, 11) is 0. The lowest BCUT2D eigenvalue weighted by molar-refractivity contribution is -0.138. The third kappa shape index (κ3) is 4.84. The summed E-state index contributed by atoms with van der Waals surface area (Å²) in [5.74, 6) is -0.944. The number of benzene rings is 2. The Labute approximate surface area is 186 Å². The van der Waals surface area contributed by atoms with Crippen molar-refractivity contribution in [3.63, 3.8) is 0 Å². The number of amides is 1. The van der Waals surface area contributed by atoms with Crippen molar-refractivity contribution in [3.8, 4) is 6.07 Å². The molecular formula is C21H16BrClN2O3S. The molecule has 1 fully saturated rings. The molecule has 3 rings (SSSR count). The Morgan fingerprint density at radius 3 is 2.66 bits per heavy atom. The standard InChI is InChI=1S/C21H16BrClN2O3S/c1-2-28-21(27)17(12-24)20-25(16-8-6-14(22)7-9-16)19(26)18(29-20)11-13-4-3-5-15(23)10-13/h3-10,18H,2,11H2,1H3. The molecule has 0 saturated carbocycles. The van der Waals surface area contributed by atoms with E-state index in [1.165, 1.54) is 16.7 Å². The van der Waals surface area contributed by atoms with Crippen molar-refractivity contribution in [3.05, 3.63) is 74.2 Å². The second kappa shape index (κ2) is 9.49. The quantitative estimate of drug-likeness (QED) is 0.331. The van der Waals surface area contributed by atoms with Gasteiger partial charge in [-0.25, -0.2) is 4.79 Å². The Balaban J connectivity index is 2.03. The van der Waals surface area contributed by atoms with Crippen LogP contribution < -0.4 is 4.90 Å². The Bertz CT molecular complexity index is 1020. The molecule has 1 amide bonds. The third-order valence-electron chi connectivity index (χ3n) is 4.15. The Morgan fingerprint density at radius 2 is 2.03 bits per heavy atom. The van der Waals surface area contributed by atoms with Gasteiger partial charge >= 0.3 is 5.97 Å². The number of halogens is 2. The van der Waals surface area contributed by atoms with Gasteiger partial charge in [0.1, 0.15) is 11.1 Å². The van der Waals surface area contributed by atoms with E-state index in [4.69, 9.17) is 16.3 Å². The zero-order chi connectivity index (χ0) is 21.0. The number of carbonyl (C=O) groups is 2. The summed E-state index contributed by atoms with van der Waals surface area (Å²) in [6.45, 7) is 1.80. The minimum absolute atomic E-state index is 0.139. The first-order valence-corrected chi connectivity index (χ1v) is 10.8. The van der Waals surface area contributed by atoms with Crippen molar-refractivity contribution >= 4 is 56.9 Å². The molecule has 1 atom stereocenters. The van der Waals surface area contributed by atoms with Crippen LogP contribution in [0.2, 0.25) is 5.02 Å². The second-order valence-electron chi connectivity index (χ2n) is 6.10. The fraction of sp³-hybridized carbons (Fsp3) is 0.190. The third-order valence-corrected chi connectivity index (χ3v) is 6.18. The zero-order valence-corrected chi connectivity index (χ0v) is 18.6. The van der Waals surface area contributed by atoms with Crippen molar-refractivity contribution in [2.45, 2.75) is 18.6 Å². The number of rotatable bonds is 5. The van der Waals surface area contributed by atoms with E-state index >= 15 is 0 Å². The van der Waals surface area contributed by atoms with Crippen molar-refractivity contribution in [1.82, 2.24) is 0 Å². The molecule has 1 unspecified atom stereocenters. The summed E-state index contributed by atoms with van der Waals surface area (Å²) in [6.07, 6.45) is 0.419. The summed E-state index contributed by atoms with van der Waals surface area (Å²) in [6, 6.07) is 16.3. The van der Waals surface area contributed by atoms with Gasteiger partial charge in [0.25, 0.3) is 0 Å². The largest absolute Gasteiger partial charge is 0.462 e. The monoisotopic (exact) mass is 490 g/mol. The van der Waals surface area contributed by atoms with Crippen molar-refractivity contribution in [2.75, 3.05) is 11.5 Å². The predicted octanol–water partition coefficient (Wildman–Crippen LogP) is 5.09. The fourth-order valence-corrected chi connectivity index (χ4v) is 4.65. The number of anilines is 1. The predicted molar refractivity (Wildman–Crippen MR) is 117 cm³/mol. The molecule has 0 radical (unpaired) electrons. The molecule has 2 aromatic rings. The van der Waals surface area contributed by atoms with Crippen LogP contribution in [0.3, 0.4) is 0 Å². The highest BCUT2D eigenvalue weighted by Gasteiger charge is 2.41. The van der Waals surface area contributed by atoms with Gasteiger partial charge in [-0.1, -0.05) is 51.4 Å². The summed E-state index contributed by atoms with van der Waals surface area (Å²) in [4.78, 5) is 27.0. The van der Waals surface area contributed by atoms with Crippen LogP contribution in [0.4, 0.5) is 5.69 Å². The molecule has 148 valence electrons. The van der Waals surface area contributed by atoms with E-state index in [-0.39, 0.29) is 23.1 Å². The number of hydrogen-bond acceptors (Lipinski definition) is 5. The number of ether oxygens (including phenoxy) is 1. The van der Waals surface area contributed by atoms with Gasteiger partial charge < -0.3 is 4.74 Å². The van der Waals surface area contributed by atoms with Crippen LogP contribution in [-0.4, -0.2) is 23.7 Å². The van der Waals surface area contributed by atoms with Gasteiger partial charge in [-0.2, -0.15) is 5.26 Å². The number of carbonyl (C=O) groups excluding carboxylic acids is 2. The van der Waals surface area contributed by atoms with Gasteiger partial charge in [-0.3, -0.25) is 9.69 Å². The van der Waals surface area contributed by atoms with Crippen molar-refractivity contribution in [2.24, 2.45) is 0 Å². The Hall–Kier alpha value is -2.27.